The summed E-state index contributed by atoms with van der Waals surface area (Å²) >= 11 is 0. The van der Waals surface area contributed by atoms with Gasteiger partial charge in [0.1, 0.15) is 6.04 Å². The van der Waals surface area contributed by atoms with Crippen LogP contribution in [0, 0.1) is 5.53 Å². The van der Waals surface area contributed by atoms with Crippen LogP contribution >= 0.6 is 0 Å². The van der Waals surface area contributed by atoms with E-state index >= 15 is 0 Å². The SMILES string of the molecule is COc1cccc(C(N=N)c2ccccn2)c1O. The van der Waals surface area contributed by atoms with E-state index in [-0.39, 0.29) is 5.75 Å². The molecule has 0 bridgehead atoms. The Balaban J connectivity index is 2.49. The molecule has 0 saturated carbocycles. The molecular weight excluding hydrogens is 230 g/mol. The van der Waals surface area contributed by atoms with E-state index in [1.807, 2.05) is 6.07 Å². The summed E-state index contributed by atoms with van der Waals surface area (Å²) < 4.78 is 5.04. The van der Waals surface area contributed by atoms with Gasteiger partial charge in [-0.2, -0.15) is 5.11 Å². The van der Waals surface area contributed by atoms with E-state index in [0.29, 0.717) is 17.0 Å². The molecule has 1 unspecified atom stereocenters. The molecule has 0 saturated heterocycles. The molecule has 0 radical (unpaired) electrons. The van der Waals surface area contributed by atoms with E-state index < -0.39 is 6.04 Å². The molecule has 5 nitrogen and oxygen atoms in total. The lowest BCUT2D eigenvalue weighted by atomic mass is 10.0. The van der Waals surface area contributed by atoms with Gasteiger partial charge < -0.3 is 9.84 Å². The second-order valence-corrected chi connectivity index (χ2v) is 3.68. The summed E-state index contributed by atoms with van der Waals surface area (Å²) in [5.41, 5.74) is 8.40. The van der Waals surface area contributed by atoms with Gasteiger partial charge in [-0.25, -0.2) is 5.53 Å². The van der Waals surface area contributed by atoms with E-state index in [4.69, 9.17) is 10.3 Å². The highest BCUT2D eigenvalue weighted by molar-refractivity contribution is 5.48. The highest BCUT2D eigenvalue weighted by Gasteiger charge is 2.20. The number of pyridine rings is 1. The number of nitrogens with zero attached hydrogens (tertiary/aromatic N) is 2. The summed E-state index contributed by atoms with van der Waals surface area (Å²) in [6, 6.07) is 9.85. The first-order valence-corrected chi connectivity index (χ1v) is 5.41. The zero-order valence-electron chi connectivity index (χ0n) is 9.87. The number of nitrogens with one attached hydrogen (secondary N) is 1. The Bertz CT molecular complexity index is 543. The average Bonchev–Trinajstić information content (AvgIpc) is 2.43. The van der Waals surface area contributed by atoms with Gasteiger partial charge in [0, 0.05) is 11.8 Å². The highest BCUT2D eigenvalue weighted by Crippen LogP contribution is 2.37. The molecular formula is C13H13N3O2. The summed E-state index contributed by atoms with van der Waals surface area (Å²) in [5, 5.41) is 13.6. The van der Waals surface area contributed by atoms with Crippen LogP contribution in [0.3, 0.4) is 0 Å². The number of benzene rings is 1. The van der Waals surface area contributed by atoms with Crippen LogP contribution in [0.1, 0.15) is 17.3 Å². The Labute approximate surface area is 105 Å². The standard InChI is InChI=1S/C13H13N3O2/c1-18-11-7-4-5-9(13(11)17)12(16-14)10-6-2-3-8-15-10/h2-8,12,14,17H,1H3. The van der Waals surface area contributed by atoms with Crippen molar-refractivity contribution in [1.82, 2.24) is 4.98 Å². The maximum Gasteiger partial charge on any atom is 0.163 e. The third kappa shape index (κ3) is 2.15. The number of aromatic hydroxyl groups is 1. The summed E-state index contributed by atoms with van der Waals surface area (Å²) in [6.45, 7) is 0. The molecule has 5 heteroatoms. The van der Waals surface area contributed by atoms with Crippen LogP contribution in [0.5, 0.6) is 11.5 Å². The predicted octanol–water partition coefficient (Wildman–Crippen LogP) is 2.92. The number of aromatic nitrogens is 1. The average molecular weight is 243 g/mol. The van der Waals surface area contributed by atoms with Crippen molar-refractivity contribution in [3.63, 3.8) is 0 Å². The Morgan fingerprint density at radius 3 is 2.72 bits per heavy atom. The number of hydrogen-bond acceptors (Lipinski definition) is 5. The Kier molecular flexibility index (Phi) is 3.52. The van der Waals surface area contributed by atoms with Crippen LogP contribution in [0.15, 0.2) is 47.7 Å². The molecule has 1 heterocycles. The van der Waals surface area contributed by atoms with Gasteiger partial charge in [-0.15, -0.1) is 0 Å². The van der Waals surface area contributed by atoms with Crippen molar-refractivity contribution in [3.05, 3.63) is 53.9 Å². The highest BCUT2D eigenvalue weighted by atomic mass is 16.5. The van der Waals surface area contributed by atoms with Crippen molar-refractivity contribution in [1.29, 1.82) is 5.53 Å². The quantitative estimate of drug-likeness (QED) is 0.810. The number of phenols is 1. The van der Waals surface area contributed by atoms with Gasteiger partial charge >= 0.3 is 0 Å². The number of phenolic OH excluding ortho intramolecular Hbond substituents is 1. The molecule has 2 aromatic rings. The normalized spacial score (nSPS) is 11.8. The number of ether oxygens (including phenoxy) is 1. The molecule has 1 aromatic carbocycles. The Hall–Kier alpha value is -2.43. The fourth-order valence-electron chi connectivity index (χ4n) is 1.76. The molecule has 0 aliphatic heterocycles. The van der Waals surface area contributed by atoms with Crippen LogP contribution in [-0.4, -0.2) is 17.2 Å². The van der Waals surface area contributed by atoms with Crippen LogP contribution < -0.4 is 4.74 Å². The first-order valence-electron chi connectivity index (χ1n) is 5.41. The molecule has 1 atom stereocenters. The van der Waals surface area contributed by atoms with E-state index in [0.717, 1.165) is 0 Å². The van der Waals surface area contributed by atoms with E-state index in [9.17, 15) is 5.11 Å². The largest absolute Gasteiger partial charge is 0.504 e. The second-order valence-electron chi connectivity index (χ2n) is 3.68. The van der Waals surface area contributed by atoms with E-state index in [1.165, 1.54) is 7.11 Å². The summed E-state index contributed by atoms with van der Waals surface area (Å²) in [6.07, 6.45) is 1.63. The third-order valence-electron chi connectivity index (χ3n) is 2.64. The molecule has 1 aromatic heterocycles. The minimum absolute atomic E-state index is 0.00773. The molecule has 0 aliphatic rings. The zero-order chi connectivity index (χ0) is 13.0. The fraction of sp³-hybridized carbons (Fsp3) is 0.154. The van der Waals surface area contributed by atoms with Crippen LogP contribution in [0.2, 0.25) is 0 Å². The number of hydrogen-bond donors (Lipinski definition) is 2. The summed E-state index contributed by atoms with van der Waals surface area (Å²) in [4.78, 5) is 4.16. The maximum absolute atomic E-state index is 10.1. The van der Waals surface area contributed by atoms with Gasteiger partial charge in [0.15, 0.2) is 11.5 Å². The zero-order valence-corrected chi connectivity index (χ0v) is 9.87. The molecule has 0 spiro atoms. The van der Waals surface area contributed by atoms with Crippen molar-refractivity contribution in [2.45, 2.75) is 6.04 Å². The molecule has 92 valence electrons. The minimum atomic E-state index is -0.624. The molecule has 2 N–H and O–H groups in total. The Morgan fingerprint density at radius 2 is 2.11 bits per heavy atom. The third-order valence-corrected chi connectivity index (χ3v) is 2.64. The maximum atomic E-state index is 10.1. The van der Waals surface area contributed by atoms with Gasteiger partial charge in [-0.05, 0) is 18.2 Å². The van der Waals surface area contributed by atoms with Gasteiger partial charge in [0.05, 0.1) is 12.8 Å². The number of para-hydroxylation sites is 1. The predicted molar refractivity (Wildman–Crippen MR) is 65.9 cm³/mol. The monoisotopic (exact) mass is 243 g/mol. The summed E-state index contributed by atoms with van der Waals surface area (Å²) in [7, 11) is 1.48. The number of rotatable bonds is 4. The molecule has 0 aliphatic carbocycles. The van der Waals surface area contributed by atoms with Gasteiger partial charge in [0.25, 0.3) is 0 Å². The van der Waals surface area contributed by atoms with E-state index in [2.05, 4.69) is 10.1 Å². The van der Waals surface area contributed by atoms with E-state index in [1.54, 1.807) is 36.5 Å². The fourth-order valence-corrected chi connectivity index (χ4v) is 1.76. The topological polar surface area (TPSA) is 78.6 Å². The van der Waals surface area contributed by atoms with Crippen LogP contribution in [-0.2, 0) is 0 Å². The van der Waals surface area contributed by atoms with Crippen LogP contribution in [0.4, 0.5) is 0 Å². The van der Waals surface area contributed by atoms with Crippen molar-refractivity contribution in [3.8, 4) is 11.5 Å². The Morgan fingerprint density at radius 1 is 1.28 bits per heavy atom. The lowest BCUT2D eigenvalue weighted by Crippen LogP contribution is -2.01. The first kappa shape index (κ1) is 12.0. The van der Waals surface area contributed by atoms with Crippen LogP contribution in [0.25, 0.3) is 0 Å². The lowest BCUT2D eigenvalue weighted by Gasteiger charge is -2.14. The first-order chi connectivity index (χ1) is 8.77. The van der Waals surface area contributed by atoms with Crippen molar-refractivity contribution in [2.24, 2.45) is 5.11 Å². The molecule has 0 amide bonds. The van der Waals surface area contributed by atoms with Crippen molar-refractivity contribution >= 4 is 0 Å². The molecule has 2 rings (SSSR count). The number of methoxy groups -OCH3 is 1. The molecule has 18 heavy (non-hydrogen) atoms. The molecule has 0 fully saturated rings. The smallest absolute Gasteiger partial charge is 0.163 e. The van der Waals surface area contributed by atoms with Gasteiger partial charge in [-0.3, -0.25) is 4.98 Å². The second kappa shape index (κ2) is 5.27. The van der Waals surface area contributed by atoms with Crippen molar-refractivity contribution < 1.29 is 9.84 Å². The minimum Gasteiger partial charge on any atom is -0.504 e. The van der Waals surface area contributed by atoms with Gasteiger partial charge in [-0.1, -0.05) is 18.2 Å². The summed E-state index contributed by atoms with van der Waals surface area (Å²) in [5.74, 6) is 0.351. The lowest BCUT2D eigenvalue weighted by molar-refractivity contribution is 0.369. The van der Waals surface area contributed by atoms with Crippen molar-refractivity contribution in [2.75, 3.05) is 7.11 Å². The van der Waals surface area contributed by atoms with Gasteiger partial charge in [0.2, 0.25) is 0 Å².